The standard InChI is InChI=1S/C22H47NO2/c1-2-3-4-5-6-7-8-9-10-11-12-13-14-15-16-17-18-23-19-21-25-22-20-24/h23-24H,2-22H2,1H3. The average molecular weight is 358 g/mol. The molecule has 0 aliphatic rings. The second kappa shape index (κ2) is 23.9. The van der Waals surface area contributed by atoms with Gasteiger partial charge in [0.2, 0.25) is 0 Å². The van der Waals surface area contributed by atoms with Gasteiger partial charge in [0.25, 0.3) is 0 Å². The van der Waals surface area contributed by atoms with Crippen LogP contribution in [0.3, 0.4) is 0 Å². The first-order chi connectivity index (χ1) is 12.4. The highest BCUT2D eigenvalue weighted by Gasteiger charge is 1.95. The van der Waals surface area contributed by atoms with Gasteiger partial charge in [0.05, 0.1) is 19.8 Å². The van der Waals surface area contributed by atoms with Crippen molar-refractivity contribution in [3.8, 4) is 0 Å². The zero-order valence-corrected chi connectivity index (χ0v) is 17.2. The molecule has 0 bridgehead atoms. The van der Waals surface area contributed by atoms with Gasteiger partial charge in [-0.3, -0.25) is 0 Å². The van der Waals surface area contributed by atoms with Crippen molar-refractivity contribution >= 4 is 0 Å². The summed E-state index contributed by atoms with van der Waals surface area (Å²) in [5.74, 6) is 0. The maximum atomic E-state index is 8.58. The highest BCUT2D eigenvalue weighted by molar-refractivity contribution is 4.51. The third-order valence-corrected chi connectivity index (χ3v) is 4.87. The van der Waals surface area contributed by atoms with E-state index in [0.717, 1.165) is 13.1 Å². The van der Waals surface area contributed by atoms with Crippen molar-refractivity contribution in [1.82, 2.24) is 5.32 Å². The van der Waals surface area contributed by atoms with Gasteiger partial charge in [-0.15, -0.1) is 0 Å². The van der Waals surface area contributed by atoms with Crippen molar-refractivity contribution in [2.45, 2.75) is 110 Å². The van der Waals surface area contributed by atoms with Crippen molar-refractivity contribution in [3.63, 3.8) is 0 Å². The summed E-state index contributed by atoms with van der Waals surface area (Å²) in [6, 6.07) is 0. The fourth-order valence-corrected chi connectivity index (χ4v) is 3.23. The molecule has 152 valence electrons. The van der Waals surface area contributed by atoms with Crippen LogP contribution in [0.1, 0.15) is 110 Å². The molecule has 0 aliphatic heterocycles. The molecule has 0 spiro atoms. The van der Waals surface area contributed by atoms with E-state index in [0.29, 0.717) is 13.2 Å². The summed E-state index contributed by atoms with van der Waals surface area (Å²) in [6.07, 6.45) is 22.8. The number of unbranched alkanes of at least 4 members (excludes halogenated alkanes) is 15. The van der Waals surface area contributed by atoms with Gasteiger partial charge < -0.3 is 15.2 Å². The van der Waals surface area contributed by atoms with Crippen LogP contribution < -0.4 is 5.32 Å². The van der Waals surface area contributed by atoms with Crippen LogP contribution >= 0.6 is 0 Å². The normalized spacial score (nSPS) is 11.3. The molecule has 3 nitrogen and oxygen atoms in total. The molecule has 0 aliphatic carbocycles. The molecule has 3 heteroatoms. The van der Waals surface area contributed by atoms with Crippen molar-refractivity contribution in [1.29, 1.82) is 0 Å². The summed E-state index contributed by atoms with van der Waals surface area (Å²) >= 11 is 0. The van der Waals surface area contributed by atoms with Crippen LogP contribution in [0.4, 0.5) is 0 Å². The highest BCUT2D eigenvalue weighted by Crippen LogP contribution is 2.13. The van der Waals surface area contributed by atoms with Crippen LogP contribution in [0, 0.1) is 0 Å². The molecule has 0 aromatic rings. The van der Waals surface area contributed by atoms with E-state index in [1.54, 1.807) is 0 Å². The number of aliphatic hydroxyl groups excluding tert-OH is 1. The van der Waals surface area contributed by atoms with Crippen LogP contribution in [0.25, 0.3) is 0 Å². The molecule has 0 atom stereocenters. The molecular formula is C22H47NO2. The fraction of sp³-hybridized carbons (Fsp3) is 1.00. The SMILES string of the molecule is CCCCCCCCCCCCCCCCCCNCCOCCO. The van der Waals surface area contributed by atoms with Gasteiger partial charge in [-0.2, -0.15) is 0 Å². The Morgan fingerprint density at radius 3 is 1.44 bits per heavy atom. The van der Waals surface area contributed by atoms with Gasteiger partial charge in [-0.1, -0.05) is 103 Å². The molecule has 0 saturated heterocycles. The van der Waals surface area contributed by atoms with Gasteiger partial charge in [0, 0.05) is 6.54 Å². The number of hydrogen-bond acceptors (Lipinski definition) is 3. The van der Waals surface area contributed by atoms with Crippen LogP contribution in [0.15, 0.2) is 0 Å². The number of rotatable bonds is 22. The first kappa shape index (κ1) is 24.9. The first-order valence-electron chi connectivity index (χ1n) is 11.3. The van der Waals surface area contributed by atoms with E-state index in [1.165, 1.54) is 103 Å². The molecule has 0 aromatic carbocycles. The Hall–Kier alpha value is -0.120. The van der Waals surface area contributed by atoms with Gasteiger partial charge in [0.15, 0.2) is 0 Å². The lowest BCUT2D eigenvalue weighted by molar-refractivity contribution is 0.0939. The number of ether oxygens (including phenoxy) is 1. The minimum absolute atomic E-state index is 0.124. The second-order valence-electron chi connectivity index (χ2n) is 7.39. The van der Waals surface area contributed by atoms with E-state index in [-0.39, 0.29) is 6.61 Å². The summed E-state index contributed by atoms with van der Waals surface area (Å²) in [7, 11) is 0. The molecule has 25 heavy (non-hydrogen) atoms. The lowest BCUT2D eigenvalue weighted by Gasteiger charge is -2.05. The Labute approximate surface area is 158 Å². The van der Waals surface area contributed by atoms with E-state index in [9.17, 15) is 0 Å². The molecule has 0 aromatic heterocycles. The Bertz CT molecular complexity index is 202. The summed E-state index contributed by atoms with van der Waals surface area (Å²) in [6.45, 7) is 5.58. The molecule has 0 rings (SSSR count). The molecule has 0 heterocycles. The second-order valence-corrected chi connectivity index (χ2v) is 7.39. The lowest BCUT2D eigenvalue weighted by Crippen LogP contribution is -2.21. The monoisotopic (exact) mass is 357 g/mol. The van der Waals surface area contributed by atoms with Crippen molar-refractivity contribution in [3.05, 3.63) is 0 Å². The number of hydrogen-bond donors (Lipinski definition) is 2. The smallest absolute Gasteiger partial charge is 0.0698 e. The predicted octanol–water partition coefficient (Wildman–Crippen LogP) is 5.85. The average Bonchev–Trinajstić information content (AvgIpc) is 2.63. The van der Waals surface area contributed by atoms with Crippen LogP contribution in [-0.2, 0) is 4.74 Å². The largest absolute Gasteiger partial charge is 0.394 e. The zero-order chi connectivity index (χ0) is 18.3. The van der Waals surface area contributed by atoms with E-state index in [1.807, 2.05) is 0 Å². The molecule has 2 N–H and O–H groups in total. The molecule has 0 fully saturated rings. The third kappa shape index (κ3) is 23.9. The van der Waals surface area contributed by atoms with Gasteiger partial charge in [-0.25, -0.2) is 0 Å². The predicted molar refractivity (Wildman–Crippen MR) is 110 cm³/mol. The summed E-state index contributed by atoms with van der Waals surface area (Å²) < 4.78 is 5.20. The minimum atomic E-state index is 0.124. The molecular weight excluding hydrogens is 310 g/mol. The maximum absolute atomic E-state index is 8.58. The topological polar surface area (TPSA) is 41.5 Å². The van der Waals surface area contributed by atoms with Crippen LogP contribution in [0.2, 0.25) is 0 Å². The van der Waals surface area contributed by atoms with Gasteiger partial charge in [0.1, 0.15) is 0 Å². The summed E-state index contributed by atoms with van der Waals surface area (Å²) in [5, 5.41) is 12.0. The van der Waals surface area contributed by atoms with Crippen molar-refractivity contribution in [2.75, 3.05) is 32.9 Å². The van der Waals surface area contributed by atoms with Gasteiger partial charge in [-0.05, 0) is 13.0 Å². The van der Waals surface area contributed by atoms with E-state index < -0.39 is 0 Å². The van der Waals surface area contributed by atoms with E-state index >= 15 is 0 Å². The maximum Gasteiger partial charge on any atom is 0.0698 e. The Morgan fingerprint density at radius 2 is 1.00 bits per heavy atom. The minimum Gasteiger partial charge on any atom is -0.394 e. The molecule has 0 radical (unpaired) electrons. The number of nitrogens with one attached hydrogen (secondary N) is 1. The van der Waals surface area contributed by atoms with E-state index in [4.69, 9.17) is 9.84 Å². The van der Waals surface area contributed by atoms with Crippen LogP contribution in [0.5, 0.6) is 0 Å². The van der Waals surface area contributed by atoms with Crippen molar-refractivity contribution < 1.29 is 9.84 Å². The van der Waals surface area contributed by atoms with Crippen LogP contribution in [-0.4, -0.2) is 38.0 Å². The quantitative estimate of drug-likeness (QED) is 0.239. The molecule has 0 saturated carbocycles. The first-order valence-corrected chi connectivity index (χ1v) is 11.3. The highest BCUT2D eigenvalue weighted by atomic mass is 16.5. The molecule has 0 amide bonds. The Kier molecular flexibility index (Phi) is 23.8. The van der Waals surface area contributed by atoms with E-state index in [2.05, 4.69) is 12.2 Å². The van der Waals surface area contributed by atoms with Crippen molar-refractivity contribution in [2.24, 2.45) is 0 Å². The third-order valence-electron chi connectivity index (χ3n) is 4.87. The van der Waals surface area contributed by atoms with Gasteiger partial charge >= 0.3 is 0 Å². The number of aliphatic hydroxyl groups is 1. The lowest BCUT2D eigenvalue weighted by atomic mass is 10.0. The Balaban J connectivity index is 2.94. The Morgan fingerprint density at radius 1 is 0.560 bits per heavy atom. The summed E-state index contributed by atoms with van der Waals surface area (Å²) in [5.41, 5.74) is 0. The summed E-state index contributed by atoms with van der Waals surface area (Å²) in [4.78, 5) is 0. The zero-order valence-electron chi connectivity index (χ0n) is 17.2. The molecule has 0 unspecified atom stereocenters. The fourth-order valence-electron chi connectivity index (χ4n) is 3.23.